The number of hydrogen-bond donors (Lipinski definition) is 2. The van der Waals surface area contributed by atoms with Gasteiger partial charge in [-0.15, -0.1) is 0 Å². The van der Waals surface area contributed by atoms with E-state index in [2.05, 4.69) is 61.0 Å². The number of aliphatic hydroxyl groups excluding tert-OH is 1. The van der Waals surface area contributed by atoms with Crippen molar-refractivity contribution in [2.24, 2.45) is 11.3 Å². The average Bonchev–Trinajstić information content (AvgIpc) is 3.58. The van der Waals surface area contributed by atoms with E-state index in [0.29, 0.717) is 41.8 Å². The van der Waals surface area contributed by atoms with Gasteiger partial charge in [0.05, 0.1) is 34.5 Å². The molecule has 1 saturated carbocycles. The highest BCUT2D eigenvalue weighted by atomic mass is 32.2. The van der Waals surface area contributed by atoms with E-state index < -0.39 is 10.0 Å². The topological polar surface area (TPSA) is 129 Å². The summed E-state index contributed by atoms with van der Waals surface area (Å²) in [5.41, 5.74) is 2.37. The van der Waals surface area contributed by atoms with Crippen LogP contribution < -0.4 is 10.2 Å². The molecule has 0 radical (unpaired) electrons. The summed E-state index contributed by atoms with van der Waals surface area (Å²) in [6, 6.07) is 3.75. The smallest absolute Gasteiger partial charge is 0.256 e. The van der Waals surface area contributed by atoms with Gasteiger partial charge < -0.3 is 20.2 Å². The Kier molecular flexibility index (Phi) is 7.44. The van der Waals surface area contributed by atoms with Crippen molar-refractivity contribution in [2.45, 2.75) is 44.3 Å². The fourth-order valence-electron chi connectivity index (χ4n) is 5.33. The molecule has 0 amide bonds. The lowest BCUT2D eigenvalue weighted by molar-refractivity contribution is 0.115. The molecule has 0 bridgehead atoms. The third-order valence-electron chi connectivity index (χ3n) is 8.31. The number of nitrogens with zero attached hydrogens (tertiary/aromatic N) is 7. The summed E-state index contributed by atoms with van der Waals surface area (Å²) >= 11 is 0. The summed E-state index contributed by atoms with van der Waals surface area (Å²) in [4.78, 5) is 18.2. The van der Waals surface area contributed by atoms with E-state index in [-0.39, 0.29) is 17.3 Å². The van der Waals surface area contributed by atoms with Crippen LogP contribution in [-0.2, 0) is 10.0 Å². The van der Waals surface area contributed by atoms with Gasteiger partial charge in [-0.05, 0) is 57.2 Å². The van der Waals surface area contributed by atoms with Crippen molar-refractivity contribution >= 4 is 27.3 Å². The van der Waals surface area contributed by atoms with Crippen molar-refractivity contribution in [3.05, 3.63) is 42.5 Å². The quantitative estimate of drug-likeness (QED) is 0.405. The van der Waals surface area contributed by atoms with E-state index >= 15 is 0 Å². The van der Waals surface area contributed by atoms with Crippen LogP contribution in [0.15, 0.2) is 36.9 Å². The number of pyridine rings is 1. The fraction of sp³-hybridized carbons (Fsp3) is 0.517. The standard InChI is InChI=1S/C29H36N8O3S/c1-29(20-38)9-13-36(14-10-29)25-15-27(31-16-22(25)4-3-21-8-12-35(2)18-21)33-26-7-11-30-28(34-26)23-17-32-37(19-23)41(39,40)24-5-6-24/h7,11,15-17,19,21,24,38H,5-6,8-10,12-14,18,20H2,1-2H3,(H,30,31,33,34). The van der Waals surface area contributed by atoms with Crippen molar-refractivity contribution in [2.75, 3.05) is 50.1 Å². The van der Waals surface area contributed by atoms with Crippen LogP contribution >= 0.6 is 0 Å². The third kappa shape index (κ3) is 6.07. The lowest BCUT2D eigenvalue weighted by atomic mass is 9.81. The molecule has 5 heterocycles. The van der Waals surface area contributed by atoms with Gasteiger partial charge in [0, 0.05) is 50.6 Å². The normalized spacial score (nSPS) is 21.0. The van der Waals surface area contributed by atoms with E-state index in [9.17, 15) is 13.5 Å². The predicted molar refractivity (Wildman–Crippen MR) is 157 cm³/mol. The van der Waals surface area contributed by atoms with Crippen LogP contribution in [-0.4, -0.2) is 87.6 Å². The first-order valence-electron chi connectivity index (χ1n) is 14.2. The summed E-state index contributed by atoms with van der Waals surface area (Å²) in [6.07, 6.45) is 10.6. The zero-order valence-corrected chi connectivity index (χ0v) is 24.3. The Hall–Kier alpha value is -3.53. The number of anilines is 3. The predicted octanol–water partition coefficient (Wildman–Crippen LogP) is 2.72. The summed E-state index contributed by atoms with van der Waals surface area (Å²) < 4.78 is 26.1. The number of hydrogen-bond acceptors (Lipinski definition) is 10. The highest BCUT2D eigenvalue weighted by Gasteiger charge is 2.37. The molecule has 6 rings (SSSR count). The van der Waals surface area contributed by atoms with Crippen molar-refractivity contribution in [1.82, 2.24) is 29.0 Å². The molecule has 41 heavy (non-hydrogen) atoms. The SMILES string of the molecule is CN1CCC(C#Cc2cnc(Nc3ccnc(-c4cnn(S(=O)(=O)C5CC5)c4)n3)cc2N2CCC(C)(CO)CC2)C1. The van der Waals surface area contributed by atoms with E-state index in [1.165, 1.54) is 12.4 Å². The maximum absolute atomic E-state index is 12.5. The van der Waals surface area contributed by atoms with E-state index in [1.54, 1.807) is 12.3 Å². The van der Waals surface area contributed by atoms with Crippen LogP contribution in [0.2, 0.25) is 0 Å². The van der Waals surface area contributed by atoms with Crippen LogP contribution in [0.4, 0.5) is 17.3 Å². The van der Waals surface area contributed by atoms with Crippen LogP contribution in [0.3, 0.4) is 0 Å². The number of rotatable bonds is 7. The number of aromatic nitrogens is 5. The van der Waals surface area contributed by atoms with Crippen LogP contribution in [0, 0.1) is 23.2 Å². The number of nitrogens with one attached hydrogen (secondary N) is 1. The van der Waals surface area contributed by atoms with Gasteiger partial charge in [0.15, 0.2) is 5.82 Å². The van der Waals surface area contributed by atoms with E-state index in [1.807, 2.05) is 12.3 Å². The molecule has 0 aromatic carbocycles. The van der Waals surface area contributed by atoms with Crippen LogP contribution in [0.5, 0.6) is 0 Å². The lowest BCUT2D eigenvalue weighted by Crippen LogP contribution is -2.40. The van der Waals surface area contributed by atoms with Gasteiger partial charge in [0.2, 0.25) is 0 Å². The highest BCUT2D eigenvalue weighted by molar-refractivity contribution is 7.90. The molecule has 12 heteroatoms. The first kappa shape index (κ1) is 27.6. The molecule has 1 aliphatic carbocycles. The zero-order chi connectivity index (χ0) is 28.6. The first-order valence-corrected chi connectivity index (χ1v) is 15.7. The van der Waals surface area contributed by atoms with Crippen LogP contribution in [0.25, 0.3) is 11.4 Å². The second-order valence-corrected chi connectivity index (χ2v) is 13.9. The van der Waals surface area contributed by atoms with Gasteiger partial charge in [-0.3, -0.25) is 0 Å². The van der Waals surface area contributed by atoms with Gasteiger partial charge in [0.25, 0.3) is 10.0 Å². The summed E-state index contributed by atoms with van der Waals surface area (Å²) in [5.74, 6) is 8.76. The van der Waals surface area contributed by atoms with Gasteiger partial charge in [-0.1, -0.05) is 18.8 Å². The Morgan fingerprint density at radius 1 is 1.12 bits per heavy atom. The number of piperidine rings is 1. The van der Waals surface area contributed by atoms with Crippen molar-refractivity contribution in [1.29, 1.82) is 0 Å². The van der Waals surface area contributed by atoms with Gasteiger partial charge in [-0.25, -0.2) is 23.4 Å². The average molecular weight is 577 g/mol. The molecule has 0 spiro atoms. The molecule has 216 valence electrons. The second kappa shape index (κ2) is 11.0. The van der Waals surface area contributed by atoms with Crippen molar-refractivity contribution in [3.8, 4) is 23.2 Å². The third-order valence-corrected chi connectivity index (χ3v) is 10.3. The molecule has 2 saturated heterocycles. The Labute approximate surface area is 241 Å². The molecule has 3 aromatic rings. The summed E-state index contributed by atoms with van der Waals surface area (Å²) in [6.45, 7) is 6.03. The molecule has 3 fully saturated rings. The van der Waals surface area contributed by atoms with Gasteiger partial charge in [-0.2, -0.15) is 9.19 Å². The minimum Gasteiger partial charge on any atom is -0.396 e. The van der Waals surface area contributed by atoms with Crippen molar-refractivity contribution in [3.63, 3.8) is 0 Å². The van der Waals surface area contributed by atoms with E-state index in [4.69, 9.17) is 0 Å². The Balaban J connectivity index is 1.25. The zero-order valence-electron chi connectivity index (χ0n) is 23.5. The molecule has 3 aromatic heterocycles. The highest BCUT2D eigenvalue weighted by Crippen LogP contribution is 2.35. The Morgan fingerprint density at radius 3 is 2.63 bits per heavy atom. The fourth-order valence-corrected chi connectivity index (χ4v) is 6.80. The maximum atomic E-state index is 12.5. The lowest BCUT2D eigenvalue weighted by Gasteiger charge is -2.39. The maximum Gasteiger partial charge on any atom is 0.256 e. The summed E-state index contributed by atoms with van der Waals surface area (Å²) in [7, 11) is -1.33. The van der Waals surface area contributed by atoms with Crippen molar-refractivity contribution < 1.29 is 13.5 Å². The Morgan fingerprint density at radius 2 is 1.93 bits per heavy atom. The molecule has 1 unspecified atom stereocenters. The minimum atomic E-state index is -3.46. The summed E-state index contributed by atoms with van der Waals surface area (Å²) in [5, 5.41) is 16.8. The minimum absolute atomic E-state index is 0.0615. The monoisotopic (exact) mass is 576 g/mol. The van der Waals surface area contributed by atoms with Gasteiger partial charge >= 0.3 is 0 Å². The molecular formula is C29H36N8O3S. The number of aliphatic hydroxyl groups is 1. The van der Waals surface area contributed by atoms with Gasteiger partial charge in [0.1, 0.15) is 11.6 Å². The van der Waals surface area contributed by atoms with Crippen LogP contribution in [0.1, 0.15) is 44.6 Å². The molecule has 3 aliphatic rings. The molecular weight excluding hydrogens is 540 g/mol. The Bertz CT molecular complexity index is 1580. The van der Waals surface area contributed by atoms with E-state index in [0.717, 1.165) is 60.8 Å². The molecule has 11 nitrogen and oxygen atoms in total. The largest absolute Gasteiger partial charge is 0.396 e. The number of likely N-dealkylation sites (tertiary alicyclic amines) is 1. The molecule has 2 N–H and O–H groups in total. The molecule has 1 atom stereocenters. The molecule has 2 aliphatic heterocycles. The second-order valence-electron chi connectivity index (χ2n) is 11.8. The first-order chi connectivity index (χ1) is 19.7.